The Morgan fingerprint density at radius 2 is 1.68 bits per heavy atom. The highest BCUT2D eigenvalue weighted by Crippen LogP contribution is 2.60. The van der Waals surface area contributed by atoms with Gasteiger partial charge in [0.15, 0.2) is 0 Å². The number of fused-ring (bicyclic) bond motifs is 1. The molecule has 3 aliphatic heterocycles. The second-order valence-electron chi connectivity index (χ2n) is 9.24. The Hall–Kier alpha value is -3.45. The summed E-state index contributed by atoms with van der Waals surface area (Å²) in [4.78, 5) is 42.0. The fraction of sp³-hybridized carbons (Fsp3) is 0.370. The largest absolute Gasteiger partial charge is 0.466 e. The number of hydrogen-bond acceptors (Lipinski definition) is 5. The van der Waals surface area contributed by atoms with E-state index in [0.29, 0.717) is 6.54 Å². The molecule has 1 N–H and O–H groups in total. The number of nitrogens with zero attached hydrogens (tertiary/aromatic N) is 1. The quantitative estimate of drug-likeness (QED) is 0.507. The highest BCUT2D eigenvalue weighted by atomic mass is 16.6. The van der Waals surface area contributed by atoms with Crippen LogP contribution in [0.1, 0.15) is 25.0 Å². The summed E-state index contributed by atoms with van der Waals surface area (Å²) >= 11 is 0. The van der Waals surface area contributed by atoms with Crippen LogP contribution in [0, 0.1) is 11.8 Å². The van der Waals surface area contributed by atoms with Crippen LogP contribution in [0.3, 0.4) is 0 Å². The molecule has 2 saturated heterocycles. The molecule has 0 aliphatic carbocycles. The zero-order chi connectivity index (χ0) is 23.9. The van der Waals surface area contributed by atoms with Crippen LogP contribution in [0.15, 0.2) is 72.8 Å². The van der Waals surface area contributed by atoms with Crippen molar-refractivity contribution in [2.24, 2.45) is 11.8 Å². The Balaban J connectivity index is 1.51. The minimum absolute atomic E-state index is 0.206. The van der Waals surface area contributed by atoms with Gasteiger partial charge in [0.25, 0.3) is 0 Å². The molecule has 2 aromatic rings. The zero-order valence-corrected chi connectivity index (χ0v) is 19.3. The summed E-state index contributed by atoms with van der Waals surface area (Å²) in [5.74, 6) is -2.68. The van der Waals surface area contributed by atoms with Crippen molar-refractivity contribution < 1.29 is 23.9 Å². The van der Waals surface area contributed by atoms with Gasteiger partial charge in [-0.1, -0.05) is 72.8 Å². The number of ether oxygens (including phenoxy) is 2. The number of likely N-dealkylation sites (tertiary alicyclic amines) is 1. The van der Waals surface area contributed by atoms with Crippen molar-refractivity contribution in [3.63, 3.8) is 0 Å². The van der Waals surface area contributed by atoms with Crippen molar-refractivity contribution in [3.8, 4) is 0 Å². The lowest BCUT2D eigenvalue weighted by molar-refractivity contribution is -0.157. The van der Waals surface area contributed by atoms with Gasteiger partial charge in [-0.05, 0) is 25.0 Å². The van der Waals surface area contributed by atoms with Gasteiger partial charge in [0, 0.05) is 13.1 Å². The molecule has 7 heteroatoms. The molecule has 0 radical (unpaired) electrons. The number of esters is 1. The Morgan fingerprint density at radius 1 is 1.03 bits per heavy atom. The van der Waals surface area contributed by atoms with Crippen LogP contribution in [0.2, 0.25) is 0 Å². The molecule has 0 saturated carbocycles. The smallest absolute Gasteiger partial charge is 0.313 e. The van der Waals surface area contributed by atoms with E-state index in [-0.39, 0.29) is 25.0 Å². The molecule has 34 heavy (non-hydrogen) atoms. The molecule has 2 aromatic carbocycles. The minimum Gasteiger partial charge on any atom is -0.466 e. The molecule has 2 amide bonds. The van der Waals surface area contributed by atoms with E-state index < -0.39 is 35.0 Å². The Labute approximate surface area is 198 Å². The highest BCUT2D eigenvalue weighted by Gasteiger charge is 2.76. The van der Waals surface area contributed by atoms with Gasteiger partial charge in [-0.2, -0.15) is 0 Å². The third-order valence-electron chi connectivity index (χ3n) is 7.09. The van der Waals surface area contributed by atoms with Crippen molar-refractivity contribution in [1.29, 1.82) is 0 Å². The molecule has 0 aromatic heterocycles. The Kier molecular flexibility index (Phi) is 5.52. The standard InChI is InChI=1S/C27H28N2O5/c1-3-33-25(32)21-20-24(31)29(17-19-12-8-5-9-13-19)22(27(20)15-14-26(21,2)34-27)23(30)28-16-18-10-6-4-7-11-18/h4-15,20-22H,3,16-17H2,1-2H3,(H,28,30)/t20-,21-,22?,26+,27-/m0/s1. The summed E-state index contributed by atoms with van der Waals surface area (Å²) in [5, 5.41) is 2.99. The molecule has 1 unspecified atom stereocenters. The molecule has 7 nitrogen and oxygen atoms in total. The van der Waals surface area contributed by atoms with Crippen molar-refractivity contribution in [1.82, 2.24) is 10.2 Å². The Bertz CT molecular complexity index is 1130. The van der Waals surface area contributed by atoms with Crippen LogP contribution in [-0.4, -0.2) is 46.5 Å². The van der Waals surface area contributed by atoms with Gasteiger partial charge in [-0.3, -0.25) is 14.4 Å². The second kappa shape index (κ2) is 8.40. The van der Waals surface area contributed by atoms with Crippen molar-refractivity contribution in [2.75, 3.05) is 6.61 Å². The van der Waals surface area contributed by atoms with E-state index in [4.69, 9.17) is 9.47 Å². The van der Waals surface area contributed by atoms with Crippen LogP contribution in [0.25, 0.3) is 0 Å². The lowest BCUT2D eigenvalue weighted by atomic mass is 9.70. The SMILES string of the molecule is CCOC(=O)[C@@H]1[C@H]2C(=O)N(Cc3ccccc3)C(C(=O)NCc3ccccc3)[C@]23C=C[C@@]1(C)O3. The molecule has 5 atom stereocenters. The topological polar surface area (TPSA) is 84.9 Å². The van der Waals surface area contributed by atoms with Crippen molar-refractivity contribution in [2.45, 2.75) is 44.2 Å². The van der Waals surface area contributed by atoms with Gasteiger partial charge >= 0.3 is 5.97 Å². The van der Waals surface area contributed by atoms with Gasteiger partial charge in [-0.25, -0.2) is 0 Å². The molecule has 5 rings (SSSR count). The van der Waals surface area contributed by atoms with Gasteiger partial charge in [-0.15, -0.1) is 0 Å². The number of nitrogens with one attached hydrogen (secondary N) is 1. The maximum atomic E-state index is 13.9. The molecule has 176 valence electrons. The molecule has 2 bridgehead atoms. The van der Waals surface area contributed by atoms with Crippen LogP contribution >= 0.6 is 0 Å². The maximum Gasteiger partial charge on any atom is 0.313 e. The lowest BCUT2D eigenvalue weighted by Gasteiger charge is -2.33. The van der Waals surface area contributed by atoms with Gasteiger partial charge in [0.1, 0.15) is 17.6 Å². The fourth-order valence-corrected chi connectivity index (χ4v) is 5.65. The average molecular weight is 461 g/mol. The normalized spacial score (nSPS) is 30.9. The van der Waals surface area contributed by atoms with Crippen molar-refractivity contribution in [3.05, 3.63) is 83.9 Å². The summed E-state index contributed by atoms with van der Waals surface area (Å²) in [7, 11) is 0. The van der Waals surface area contributed by atoms with Crippen molar-refractivity contribution >= 4 is 17.8 Å². The first kappa shape index (κ1) is 22.3. The second-order valence-corrected chi connectivity index (χ2v) is 9.24. The van der Waals surface area contributed by atoms with Crippen LogP contribution in [0.5, 0.6) is 0 Å². The summed E-state index contributed by atoms with van der Waals surface area (Å²) in [6.07, 6.45) is 3.62. The molecule has 3 heterocycles. The summed E-state index contributed by atoms with van der Waals surface area (Å²) in [6, 6.07) is 18.2. The molecule has 3 aliphatic rings. The van der Waals surface area contributed by atoms with Gasteiger partial charge in [0.05, 0.1) is 18.1 Å². The van der Waals surface area contributed by atoms with E-state index in [1.807, 2.05) is 72.8 Å². The molecular weight excluding hydrogens is 432 g/mol. The van der Waals surface area contributed by atoms with E-state index >= 15 is 0 Å². The van der Waals surface area contributed by atoms with Gasteiger partial charge < -0.3 is 19.7 Å². The monoisotopic (exact) mass is 460 g/mol. The maximum absolute atomic E-state index is 13.9. The third kappa shape index (κ3) is 3.42. The fourth-order valence-electron chi connectivity index (χ4n) is 5.65. The number of amides is 2. The summed E-state index contributed by atoms with van der Waals surface area (Å²) < 4.78 is 11.8. The van der Waals surface area contributed by atoms with E-state index in [1.165, 1.54) is 0 Å². The van der Waals surface area contributed by atoms with E-state index in [1.54, 1.807) is 18.7 Å². The molecule has 1 spiro atoms. The van der Waals surface area contributed by atoms with Gasteiger partial charge in [0.2, 0.25) is 11.8 Å². The molecule has 2 fully saturated rings. The first-order valence-corrected chi connectivity index (χ1v) is 11.6. The summed E-state index contributed by atoms with van der Waals surface area (Å²) in [6.45, 7) is 4.29. The predicted molar refractivity (Wildman–Crippen MR) is 124 cm³/mol. The predicted octanol–water partition coefficient (Wildman–Crippen LogP) is 2.61. The van der Waals surface area contributed by atoms with Crippen LogP contribution in [0.4, 0.5) is 0 Å². The first-order valence-electron chi connectivity index (χ1n) is 11.6. The third-order valence-corrected chi connectivity index (χ3v) is 7.09. The number of carbonyl (C=O) groups is 3. The van der Waals surface area contributed by atoms with E-state index in [2.05, 4.69) is 5.32 Å². The molecular formula is C27H28N2O5. The first-order chi connectivity index (χ1) is 16.4. The van der Waals surface area contributed by atoms with E-state index in [0.717, 1.165) is 11.1 Å². The number of carbonyl (C=O) groups excluding carboxylic acids is 3. The minimum atomic E-state index is -1.22. The summed E-state index contributed by atoms with van der Waals surface area (Å²) in [5.41, 5.74) is -0.375. The lowest BCUT2D eigenvalue weighted by Crippen LogP contribution is -2.54. The van der Waals surface area contributed by atoms with E-state index in [9.17, 15) is 14.4 Å². The van der Waals surface area contributed by atoms with Crippen LogP contribution in [-0.2, 0) is 36.9 Å². The Morgan fingerprint density at radius 3 is 2.32 bits per heavy atom. The average Bonchev–Trinajstić information content (AvgIpc) is 3.40. The zero-order valence-electron chi connectivity index (χ0n) is 19.3. The number of rotatable bonds is 7. The number of hydrogen-bond donors (Lipinski definition) is 1. The highest BCUT2D eigenvalue weighted by molar-refractivity contribution is 5.99. The number of benzene rings is 2. The van der Waals surface area contributed by atoms with Crippen LogP contribution < -0.4 is 5.32 Å².